The van der Waals surface area contributed by atoms with Gasteiger partial charge in [-0.3, -0.25) is 4.79 Å². The Kier molecular flexibility index (Phi) is 4.41. The fraction of sp³-hybridized carbons (Fsp3) is 0.353. The average Bonchev–Trinajstić information content (AvgIpc) is 3.15. The van der Waals surface area contributed by atoms with Gasteiger partial charge in [0.05, 0.1) is 0 Å². The predicted molar refractivity (Wildman–Crippen MR) is 87.0 cm³/mol. The number of amides is 1. The zero-order chi connectivity index (χ0) is 16.2. The van der Waals surface area contributed by atoms with E-state index in [0.717, 1.165) is 10.9 Å². The number of fused-ring (bicyclic) bond motifs is 1. The molecule has 0 fully saturated rings. The summed E-state index contributed by atoms with van der Waals surface area (Å²) in [7, 11) is 0. The fourth-order valence-corrected chi connectivity index (χ4v) is 2.40. The van der Waals surface area contributed by atoms with Gasteiger partial charge in [-0.05, 0) is 17.5 Å². The molecule has 0 bridgehead atoms. The van der Waals surface area contributed by atoms with Crippen LogP contribution in [0.5, 0.6) is 0 Å². The summed E-state index contributed by atoms with van der Waals surface area (Å²) in [6, 6.07) is 10.0. The van der Waals surface area contributed by atoms with Gasteiger partial charge in [-0.15, -0.1) is 0 Å². The first-order valence-electron chi connectivity index (χ1n) is 7.76. The lowest BCUT2D eigenvalue weighted by Crippen LogP contribution is -2.29. The number of nitrogens with one attached hydrogen (secondary N) is 1. The number of benzene rings is 1. The molecule has 6 heteroatoms. The van der Waals surface area contributed by atoms with Gasteiger partial charge in [-0.2, -0.15) is 4.98 Å². The molecule has 1 aromatic carbocycles. The maximum atomic E-state index is 12.1. The highest BCUT2D eigenvalue weighted by Crippen LogP contribution is 2.14. The van der Waals surface area contributed by atoms with E-state index < -0.39 is 0 Å². The molecule has 0 aliphatic carbocycles. The molecule has 23 heavy (non-hydrogen) atoms. The van der Waals surface area contributed by atoms with Crippen molar-refractivity contribution in [3.8, 4) is 0 Å². The molecule has 1 amide bonds. The third kappa shape index (κ3) is 3.59. The minimum Gasteiger partial charge on any atom is -0.354 e. The summed E-state index contributed by atoms with van der Waals surface area (Å²) in [6.45, 7) is 4.81. The van der Waals surface area contributed by atoms with E-state index in [1.165, 1.54) is 0 Å². The second-order valence-corrected chi connectivity index (χ2v) is 5.80. The van der Waals surface area contributed by atoms with Crippen molar-refractivity contribution in [2.45, 2.75) is 32.7 Å². The van der Waals surface area contributed by atoms with Gasteiger partial charge in [0, 0.05) is 30.6 Å². The number of rotatable bonds is 6. The molecule has 0 atom stereocenters. The summed E-state index contributed by atoms with van der Waals surface area (Å²) in [5, 5.41) is 7.92. The number of hydrogen-bond acceptors (Lipinski definition) is 4. The van der Waals surface area contributed by atoms with Crippen LogP contribution in [0.1, 0.15) is 31.5 Å². The Labute approximate surface area is 134 Å². The molecule has 0 aliphatic heterocycles. The number of carbonyl (C=O) groups excluding carboxylic acids is 1. The molecule has 0 saturated heterocycles. The van der Waals surface area contributed by atoms with Crippen molar-refractivity contribution in [2.75, 3.05) is 6.54 Å². The Morgan fingerprint density at radius 2 is 2.13 bits per heavy atom. The smallest absolute Gasteiger partial charge is 0.239 e. The maximum Gasteiger partial charge on any atom is 0.239 e. The molecular formula is C17H20N4O2. The van der Waals surface area contributed by atoms with Gasteiger partial charge in [0.25, 0.3) is 0 Å². The summed E-state index contributed by atoms with van der Waals surface area (Å²) >= 11 is 0. The largest absolute Gasteiger partial charge is 0.354 e. The van der Waals surface area contributed by atoms with Gasteiger partial charge in [-0.25, -0.2) is 0 Å². The van der Waals surface area contributed by atoms with Crippen LogP contribution in [0, 0.1) is 0 Å². The highest BCUT2D eigenvalue weighted by atomic mass is 16.5. The molecule has 6 nitrogen and oxygen atoms in total. The maximum absolute atomic E-state index is 12.1. The first-order chi connectivity index (χ1) is 11.1. The van der Waals surface area contributed by atoms with Gasteiger partial charge in [0.2, 0.25) is 11.8 Å². The van der Waals surface area contributed by atoms with Crippen LogP contribution >= 0.6 is 0 Å². The molecule has 0 spiro atoms. The van der Waals surface area contributed by atoms with E-state index in [0.29, 0.717) is 31.2 Å². The topological polar surface area (TPSA) is 73.0 Å². The quantitative estimate of drug-likeness (QED) is 0.759. The van der Waals surface area contributed by atoms with Gasteiger partial charge >= 0.3 is 0 Å². The van der Waals surface area contributed by atoms with Crippen LogP contribution in [-0.4, -0.2) is 27.2 Å². The van der Waals surface area contributed by atoms with E-state index in [-0.39, 0.29) is 11.8 Å². The number of hydrogen-bond donors (Lipinski definition) is 1. The molecule has 3 aromatic rings. The first kappa shape index (κ1) is 15.3. The van der Waals surface area contributed by atoms with Gasteiger partial charge in [0.1, 0.15) is 6.54 Å². The lowest BCUT2D eigenvalue weighted by molar-refractivity contribution is -0.121. The predicted octanol–water partition coefficient (Wildman–Crippen LogP) is 2.51. The highest BCUT2D eigenvalue weighted by Gasteiger charge is 2.10. The summed E-state index contributed by atoms with van der Waals surface area (Å²) in [4.78, 5) is 16.3. The zero-order valence-electron chi connectivity index (χ0n) is 13.3. The van der Waals surface area contributed by atoms with Crippen molar-refractivity contribution in [3.63, 3.8) is 0 Å². The lowest BCUT2D eigenvalue weighted by atomic mass is 10.2. The number of nitrogens with zero attached hydrogens (tertiary/aromatic N) is 3. The summed E-state index contributed by atoms with van der Waals surface area (Å²) < 4.78 is 7.09. The van der Waals surface area contributed by atoms with Crippen LogP contribution in [0.15, 0.2) is 41.1 Å². The zero-order valence-corrected chi connectivity index (χ0v) is 13.3. The minimum absolute atomic E-state index is 0.0325. The van der Waals surface area contributed by atoms with Crippen molar-refractivity contribution in [3.05, 3.63) is 48.2 Å². The van der Waals surface area contributed by atoms with Crippen LogP contribution in [0.4, 0.5) is 0 Å². The Hall–Kier alpha value is -2.63. The van der Waals surface area contributed by atoms with Crippen LogP contribution in [0.3, 0.4) is 0 Å². The lowest BCUT2D eigenvalue weighted by Gasteiger charge is -2.06. The fourth-order valence-electron chi connectivity index (χ4n) is 2.40. The number of aromatic nitrogens is 3. The number of para-hydroxylation sites is 1. The summed E-state index contributed by atoms with van der Waals surface area (Å²) in [5.41, 5.74) is 1.06. The van der Waals surface area contributed by atoms with Crippen LogP contribution in [0.25, 0.3) is 10.9 Å². The van der Waals surface area contributed by atoms with Crippen LogP contribution in [-0.2, 0) is 17.8 Å². The second kappa shape index (κ2) is 6.64. The average molecular weight is 312 g/mol. The molecule has 0 unspecified atom stereocenters. The SMILES string of the molecule is CC(C)c1noc(CCNC(=O)Cn2ccc3ccccc32)n1. The molecule has 1 N–H and O–H groups in total. The minimum atomic E-state index is -0.0325. The Bertz CT molecular complexity index is 804. The van der Waals surface area contributed by atoms with Crippen molar-refractivity contribution >= 4 is 16.8 Å². The monoisotopic (exact) mass is 312 g/mol. The van der Waals surface area contributed by atoms with Crippen molar-refractivity contribution in [2.24, 2.45) is 0 Å². The van der Waals surface area contributed by atoms with E-state index >= 15 is 0 Å². The molecule has 0 saturated carbocycles. The van der Waals surface area contributed by atoms with Gasteiger partial charge in [-0.1, -0.05) is 37.2 Å². The first-order valence-corrected chi connectivity index (χ1v) is 7.76. The van der Waals surface area contributed by atoms with E-state index in [1.54, 1.807) is 0 Å². The van der Waals surface area contributed by atoms with Crippen molar-refractivity contribution in [1.29, 1.82) is 0 Å². The second-order valence-electron chi connectivity index (χ2n) is 5.80. The highest BCUT2D eigenvalue weighted by molar-refractivity contribution is 5.83. The normalized spacial score (nSPS) is 11.3. The standard InChI is InChI=1S/C17H20N4O2/c1-12(2)17-19-16(23-20-17)7-9-18-15(22)11-21-10-8-13-5-3-4-6-14(13)21/h3-6,8,10,12H,7,9,11H2,1-2H3,(H,18,22). The van der Waals surface area contributed by atoms with E-state index in [9.17, 15) is 4.79 Å². The molecular weight excluding hydrogens is 292 g/mol. The third-order valence-corrected chi connectivity index (χ3v) is 3.66. The van der Waals surface area contributed by atoms with E-state index in [1.807, 2.05) is 54.9 Å². The third-order valence-electron chi connectivity index (χ3n) is 3.66. The Balaban J connectivity index is 1.51. The van der Waals surface area contributed by atoms with Crippen molar-refractivity contribution < 1.29 is 9.32 Å². The Morgan fingerprint density at radius 1 is 1.30 bits per heavy atom. The van der Waals surface area contributed by atoms with Crippen molar-refractivity contribution in [1.82, 2.24) is 20.0 Å². The van der Waals surface area contributed by atoms with Crippen LogP contribution < -0.4 is 5.32 Å². The molecule has 3 rings (SSSR count). The number of carbonyl (C=O) groups is 1. The van der Waals surface area contributed by atoms with Crippen LogP contribution in [0.2, 0.25) is 0 Å². The molecule has 2 heterocycles. The van der Waals surface area contributed by atoms with Gasteiger partial charge in [0.15, 0.2) is 5.82 Å². The molecule has 2 aromatic heterocycles. The summed E-state index contributed by atoms with van der Waals surface area (Å²) in [6.07, 6.45) is 2.47. The molecule has 0 radical (unpaired) electrons. The van der Waals surface area contributed by atoms with E-state index in [2.05, 4.69) is 15.5 Å². The van der Waals surface area contributed by atoms with Gasteiger partial charge < -0.3 is 14.4 Å². The Morgan fingerprint density at radius 3 is 2.91 bits per heavy atom. The summed E-state index contributed by atoms with van der Waals surface area (Å²) in [5.74, 6) is 1.46. The molecule has 120 valence electrons. The van der Waals surface area contributed by atoms with E-state index in [4.69, 9.17) is 4.52 Å². The molecule has 0 aliphatic rings.